The number of hydrogen-bond donors (Lipinski definition) is 1. The third-order valence-electron chi connectivity index (χ3n) is 3.63. The van der Waals surface area contributed by atoms with Gasteiger partial charge in [0.05, 0.1) is 19.6 Å². The monoisotopic (exact) mass is 391 g/mol. The molecule has 3 aromatic heterocycles. The molecule has 26 heavy (non-hydrogen) atoms. The number of nitrogens with zero attached hydrogens (tertiary/aromatic N) is 2. The molecule has 0 aliphatic rings. The lowest BCUT2D eigenvalue weighted by molar-refractivity contribution is -0.141. The number of thiophene rings is 2. The highest BCUT2D eigenvalue weighted by Crippen LogP contribution is 2.23. The summed E-state index contributed by atoms with van der Waals surface area (Å²) in [4.78, 5) is 29.1. The highest BCUT2D eigenvalue weighted by Gasteiger charge is 2.20. The molecular weight excluding hydrogens is 374 g/mol. The second-order valence-corrected chi connectivity index (χ2v) is 7.20. The molecule has 0 aromatic carbocycles. The number of hydrogen-bond acceptors (Lipinski definition) is 8. The lowest BCUT2D eigenvalue weighted by Gasteiger charge is -2.16. The van der Waals surface area contributed by atoms with Crippen molar-refractivity contribution in [1.82, 2.24) is 15.5 Å². The highest BCUT2D eigenvalue weighted by molar-refractivity contribution is 7.10. The van der Waals surface area contributed by atoms with Gasteiger partial charge in [-0.3, -0.25) is 9.59 Å². The molecule has 0 bridgehead atoms. The third kappa shape index (κ3) is 4.77. The SMILES string of the molecule is COC(=O)CC(NC(=O)CCc1nc(-c2ccsc2)no1)c1cccs1. The Labute approximate surface area is 158 Å². The van der Waals surface area contributed by atoms with E-state index in [4.69, 9.17) is 9.26 Å². The van der Waals surface area contributed by atoms with E-state index in [0.717, 1.165) is 10.4 Å². The van der Waals surface area contributed by atoms with Crippen LogP contribution in [0.1, 0.15) is 29.7 Å². The van der Waals surface area contributed by atoms with E-state index in [1.165, 1.54) is 18.4 Å². The standard InChI is InChI=1S/C17H17N3O4S2/c1-23-16(22)9-12(13-3-2-7-26-13)18-14(21)4-5-15-19-17(20-24-15)11-6-8-25-10-11/h2-3,6-8,10,12H,4-5,9H2,1H3,(H,18,21). The molecule has 1 unspecified atom stereocenters. The Kier molecular flexibility index (Phi) is 6.13. The Hall–Kier alpha value is -2.52. The number of aromatic nitrogens is 2. The number of rotatable bonds is 8. The normalized spacial score (nSPS) is 11.9. The van der Waals surface area contributed by atoms with Gasteiger partial charge in [0.1, 0.15) is 0 Å². The highest BCUT2D eigenvalue weighted by atomic mass is 32.1. The number of methoxy groups -OCH3 is 1. The van der Waals surface area contributed by atoms with Crippen LogP contribution in [0.3, 0.4) is 0 Å². The molecule has 0 saturated heterocycles. The van der Waals surface area contributed by atoms with Crippen LogP contribution in [0.5, 0.6) is 0 Å². The van der Waals surface area contributed by atoms with Crippen molar-refractivity contribution in [3.8, 4) is 11.4 Å². The summed E-state index contributed by atoms with van der Waals surface area (Å²) in [5.41, 5.74) is 0.894. The first kappa shape index (κ1) is 18.3. The number of nitrogens with one attached hydrogen (secondary N) is 1. The second kappa shape index (κ2) is 8.72. The van der Waals surface area contributed by atoms with Gasteiger partial charge in [0.15, 0.2) is 0 Å². The third-order valence-corrected chi connectivity index (χ3v) is 5.30. The molecule has 136 valence electrons. The van der Waals surface area contributed by atoms with Gasteiger partial charge in [-0.15, -0.1) is 11.3 Å². The zero-order valence-corrected chi connectivity index (χ0v) is 15.6. The van der Waals surface area contributed by atoms with Crippen LogP contribution in [0, 0.1) is 0 Å². The van der Waals surface area contributed by atoms with E-state index < -0.39 is 6.04 Å². The number of carbonyl (C=O) groups excluding carboxylic acids is 2. The van der Waals surface area contributed by atoms with Crippen molar-refractivity contribution < 1.29 is 18.8 Å². The van der Waals surface area contributed by atoms with Crippen LogP contribution in [-0.2, 0) is 20.7 Å². The molecule has 9 heteroatoms. The molecule has 0 saturated carbocycles. The van der Waals surface area contributed by atoms with Crippen LogP contribution in [-0.4, -0.2) is 29.1 Å². The van der Waals surface area contributed by atoms with Crippen molar-refractivity contribution in [2.45, 2.75) is 25.3 Å². The van der Waals surface area contributed by atoms with Crippen molar-refractivity contribution in [2.75, 3.05) is 7.11 Å². The minimum absolute atomic E-state index is 0.0889. The summed E-state index contributed by atoms with van der Waals surface area (Å²) < 4.78 is 9.90. The van der Waals surface area contributed by atoms with Gasteiger partial charge in [-0.05, 0) is 22.9 Å². The minimum Gasteiger partial charge on any atom is -0.469 e. The minimum atomic E-state index is -0.404. The van der Waals surface area contributed by atoms with Crippen LogP contribution >= 0.6 is 22.7 Å². The smallest absolute Gasteiger partial charge is 0.307 e. The van der Waals surface area contributed by atoms with Gasteiger partial charge in [-0.1, -0.05) is 11.2 Å². The molecule has 7 nitrogen and oxygen atoms in total. The number of amides is 1. The maximum absolute atomic E-state index is 12.3. The van der Waals surface area contributed by atoms with Crippen LogP contribution in [0.4, 0.5) is 0 Å². The van der Waals surface area contributed by atoms with Gasteiger partial charge < -0.3 is 14.6 Å². The average molecular weight is 391 g/mol. The molecule has 1 atom stereocenters. The van der Waals surface area contributed by atoms with Crippen LogP contribution in [0.15, 0.2) is 38.9 Å². The number of esters is 1. The Morgan fingerprint density at radius 3 is 2.92 bits per heavy atom. The largest absolute Gasteiger partial charge is 0.469 e. The van der Waals surface area contributed by atoms with Crippen molar-refractivity contribution in [3.05, 3.63) is 45.1 Å². The van der Waals surface area contributed by atoms with Crippen molar-refractivity contribution >= 4 is 34.6 Å². The Balaban J connectivity index is 1.56. The van der Waals surface area contributed by atoms with Crippen molar-refractivity contribution in [3.63, 3.8) is 0 Å². The molecular formula is C17H17N3O4S2. The Morgan fingerprint density at radius 1 is 1.35 bits per heavy atom. The van der Waals surface area contributed by atoms with Crippen LogP contribution < -0.4 is 5.32 Å². The lowest BCUT2D eigenvalue weighted by Crippen LogP contribution is -2.30. The van der Waals surface area contributed by atoms with E-state index >= 15 is 0 Å². The first-order valence-corrected chi connectivity index (χ1v) is 9.72. The van der Waals surface area contributed by atoms with Crippen molar-refractivity contribution in [1.29, 1.82) is 0 Å². The first-order chi connectivity index (χ1) is 12.7. The van der Waals surface area contributed by atoms with Gasteiger partial charge in [0, 0.05) is 28.7 Å². The average Bonchev–Trinajstić information content (AvgIpc) is 3.41. The number of aryl methyl sites for hydroxylation is 1. The predicted molar refractivity (Wildman–Crippen MR) is 97.8 cm³/mol. The van der Waals surface area contributed by atoms with E-state index in [0.29, 0.717) is 18.1 Å². The zero-order chi connectivity index (χ0) is 18.4. The molecule has 3 rings (SSSR count). The maximum Gasteiger partial charge on any atom is 0.307 e. The van der Waals surface area contributed by atoms with E-state index in [9.17, 15) is 9.59 Å². The van der Waals surface area contributed by atoms with Gasteiger partial charge >= 0.3 is 5.97 Å². The van der Waals surface area contributed by atoms with Gasteiger partial charge in [0.25, 0.3) is 0 Å². The molecule has 1 N–H and O–H groups in total. The van der Waals surface area contributed by atoms with E-state index in [1.807, 2.05) is 34.3 Å². The van der Waals surface area contributed by atoms with Crippen molar-refractivity contribution in [2.24, 2.45) is 0 Å². The summed E-state index contributed by atoms with van der Waals surface area (Å²) in [6.45, 7) is 0. The predicted octanol–water partition coefficient (Wildman–Crippen LogP) is 3.21. The van der Waals surface area contributed by atoms with Crippen LogP contribution in [0.25, 0.3) is 11.4 Å². The molecule has 3 aromatic rings. The summed E-state index contributed by atoms with van der Waals surface area (Å²) in [5.74, 6) is 0.356. The fraction of sp³-hybridized carbons (Fsp3) is 0.294. The molecule has 0 fully saturated rings. The number of ether oxygens (including phenoxy) is 1. The molecule has 0 radical (unpaired) electrons. The van der Waals surface area contributed by atoms with E-state index in [2.05, 4.69) is 15.5 Å². The molecule has 0 spiro atoms. The van der Waals surface area contributed by atoms with E-state index in [1.54, 1.807) is 11.3 Å². The van der Waals surface area contributed by atoms with E-state index in [-0.39, 0.29) is 24.7 Å². The molecule has 3 heterocycles. The van der Waals surface area contributed by atoms with Gasteiger partial charge in [-0.2, -0.15) is 16.3 Å². The summed E-state index contributed by atoms with van der Waals surface area (Å²) in [7, 11) is 1.33. The molecule has 0 aliphatic carbocycles. The lowest BCUT2D eigenvalue weighted by atomic mass is 10.1. The first-order valence-electron chi connectivity index (χ1n) is 7.90. The number of carbonyl (C=O) groups is 2. The fourth-order valence-electron chi connectivity index (χ4n) is 2.31. The van der Waals surface area contributed by atoms with Gasteiger partial charge in [0.2, 0.25) is 17.6 Å². The maximum atomic E-state index is 12.3. The summed E-state index contributed by atoms with van der Waals surface area (Å²) in [6.07, 6.45) is 0.609. The van der Waals surface area contributed by atoms with Crippen LogP contribution in [0.2, 0.25) is 0 Å². The quantitative estimate of drug-likeness (QED) is 0.593. The topological polar surface area (TPSA) is 94.3 Å². The summed E-state index contributed by atoms with van der Waals surface area (Å²) >= 11 is 3.03. The molecule has 1 amide bonds. The summed E-state index contributed by atoms with van der Waals surface area (Å²) in [6, 6.07) is 5.26. The Bertz CT molecular complexity index is 843. The molecule has 0 aliphatic heterocycles. The fourth-order valence-corrected chi connectivity index (χ4v) is 3.73. The Morgan fingerprint density at radius 2 is 2.23 bits per heavy atom. The zero-order valence-electron chi connectivity index (χ0n) is 14.0. The second-order valence-electron chi connectivity index (χ2n) is 5.44. The van der Waals surface area contributed by atoms with Gasteiger partial charge in [-0.25, -0.2) is 0 Å². The summed E-state index contributed by atoms with van der Waals surface area (Å²) in [5, 5.41) is 12.6.